The predicted octanol–water partition coefficient (Wildman–Crippen LogP) is 3.47. The van der Waals surface area contributed by atoms with Gasteiger partial charge in [-0.15, -0.1) is 0 Å². The summed E-state index contributed by atoms with van der Waals surface area (Å²) >= 11 is 0. The predicted molar refractivity (Wildman–Crippen MR) is 65.4 cm³/mol. The second-order valence-corrected chi connectivity index (χ2v) is 4.92. The highest BCUT2D eigenvalue weighted by molar-refractivity contribution is 5.03. The molecular formula is C13H27N. The first-order valence-electron chi connectivity index (χ1n) is 5.76. The van der Waals surface area contributed by atoms with E-state index in [0.29, 0.717) is 23.8 Å². The zero-order valence-corrected chi connectivity index (χ0v) is 10.7. The van der Waals surface area contributed by atoms with Gasteiger partial charge in [0.2, 0.25) is 0 Å². The van der Waals surface area contributed by atoms with E-state index >= 15 is 0 Å². The molecule has 3 atom stereocenters. The molecule has 1 nitrogen and oxygen atoms in total. The summed E-state index contributed by atoms with van der Waals surface area (Å²) < 4.78 is 0. The summed E-state index contributed by atoms with van der Waals surface area (Å²) in [5.41, 5.74) is 1.39. The van der Waals surface area contributed by atoms with Gasteiger partial charge in [0.25, 0.3) is 0 Å². The highest BCUT2D eigenvalue weighted by Gasteiger charge is 2.18. The average molecular weight is 197 g/mol. The summed E-state index contributed by atoms with van der Waals surface area (Å²) in [7, 11) is 2.03. The van der Waals surface area contributed by atoms with Crippen LogP contribution in [0.4, 0.5) is 0 Å². The molecule has 1 N–H and O–H groups in total. The molecule has 0 bridgehead atoms. The van der Waals surface area contributed by atoms with Crippen LogP contribution in [0.2, 0.25) is 0 Å². The molecule has 0 aromatic rings. The Morgan fingerprint density at radius 1 is 1.14 bits per heavy atom. The molecule has 0 aliphatic heterocycles. The SMILES string of the molecule is C=C(C(C)C)C(C)C(C)CC(C)NC. The van der Waals surface area contributed by atoms with E-state index in [1.54, 1.807) is 0 Å². The molecular weight excluding hydrogens is 170 g/mol. The number of rotatable bonds is 6. The van der Waals surface area contributed by atoms with E-state index in [1.165, 1.54) is 12.0 Å². The van der Waals surface area contributed by atoms with Crippen molar-refractivity contribution in [3.8, 4) is 0 Å². The fourth-order valence-electron chi connectivity index (χ4n) is 1.77. The summed E-state index contributed by atoms with van der Waals surface area (Å²) in [6.45, 7) is 15.5. The summed E-state index contributed by atoms with van der Waals surface area (Å²) in [5.74, 6) is 1.95. The van der Waals surface area contributed by atoms with Gasteiger partial charge in [0.05, 0.1) is 0 Å². The van der Waals surface area contributed by atoms with Gasteiger partial charge in [-0.05, 0) is 38.1 Å². The molecule has 1 heteroatoms. The highest BCUT2D eigenvalue weighted by Crippen LogP contribution is 2.27. The minimum atomic E-state index is 0.604. The molecule has 0 aromatic carbocycles. The van der Waals surface area contributed by atoms with Gasteiger partial charge in [0, 0.05) is 6.04 Å². The summed E-state index contributed by atoms with van der Waals surface area (Å²) in [6, 6.07) is 0.604. The maximum absolute atomic E-state index is 4.19. The Kier molecular flexibility index (Phi) is 6.10. The van der Waals surface area contributed by atoms with Crippen molar-refractivity contribution in [2.24, 2.45) is 17.8 Å². The van der Waals surface area contributed by atoms with Crippen LogP contribution >= 0.6 is 0 Å². The Labute approximate surface area is 90.0 Å². The molecule has 0 aliphatic carbocycles. The molecule has 3 unspecified atom stereocenters. The fourth-order valence-corrected chi connectivity index (χ4v) is 1.77. The monoisotopic (exact) mass is 197 g/mol. The number of hydrogen-bond donors (Lipinski definition) is 1. The van der Waals surface area contributed by atoms with Crippen molar-refractivity contribution >= 4 is 0 Å². The van der Waals surface area contributed by atoms with Gasteiger partial charge >= 0.3 is 0 Å². The van der Waals surface area contributed by atoms with E-state index in [2.05, 4.69) is 46.5 Å². The lowest BCUT2D eigenvalue weighted by molar-refractivity contribution is 0.350. The van der Waals surface area contributed by atoms with Gasteiger partial charge in [-0.1, -0.05) is 39.8 Å². The van der Waals surface area contributed by atoms with Crippen molar-refractivity contribution in [1.29, 1.82) is 0 Å². The van der Waals surface area contributed by atoms with Crippen molar-refractivity contribution in [1.82, 2.24) is 5.32 Å². The number of allylic oxidation sites excluding steroid dienone is 1. The molecule has 0 radical (unpaired) electrons. The van der Waals surface area contributed by atoms with Gasteiger partial charge in [0.15, 0.2) is 0 Å². The summed E-state index contributed by atoms with van der Waals surface area (Å²) in [6.07, 6.45) is 1.23. The van der Waals surface area contributed by atoms with E-state index in [1.807, 2.05) is 7.05 Å². The third kappa shape index (κ3) is 4.28. The second kappa shape index (κ2) is 6.23. The summed E-state index contributed by atoms with van der Waals surface area (Å²) in [5, 5.41) is 3.29. The molecule has 0 saturated heterocycles. The lowest BCUT2D eigenvalue weighted by atomic mass is 9.81. The molecule has 84 valence electrons. The van der Waals surface area contributed by atoms with Crippen molar-refractivity contribution in [2.75, 3.05) is 7.05 Å². The minimum Gasteiger partial charge on any atom is -0.317 e. The Balaban J connectivity index is 4.11. The molecule has 0 rings (SSSR count). The van der Waals surface area contributed by atoms with Crippen LogP contribution in [-0.4, -0.2) is 13.1 Å². The zero-order valence-electron chi connectivity index (χ0n) is 10.7. The molecule has 0 amide bonds. The molecule has 0 spiro atoms. The third-order valence-electron chi connectivity index (χ3n) is 3.40. The first-order chi connectivity index (χ1) is 6.40. The third-order valence-corrected chi connectivity index (χ3v) is 3.40. The Morgan fingerprint density at radius 3 is 2.00 bits per heavy atom. The first-order valence-corrected chi connectivity index (χ1v) is 5.76. The van der Waals surface area contributed by atoms with E-state index in [4.69, 9.17) is 0 Å². The molecule has 14 heavy (non-hydrogen) atoms. The quantitative estimate of drug-likeness (QED) is 0.643. The second-order valence-electron chi connectivity index (χ2n) is 4.92. The van der Waals surface area contributed by atoms with Crippen LogP contribution in [-0.2, 0) is 0 Å². The van der Waals surface area contributed by atoms with Crippen LogP contribution in [0, 0.1) is 17.8 Å². The van der Waals surface area contributed by atoms with E-state index in [9.17, 15) is 0 Å². The molecule has 0 saturated carbocycles. The van der Waals surface area contributed by atoms with E-state index in [0.717, 1.165) is 0 Å². The minimum absolute atomic E-state index is 0.604. The standard InChI is InChI=1S/C13H27N/c1-9(2)12(5)13(6)10(3)8-11(4)14-7/h9-11,13-14H,5,8H2,1-4,6-7H3. The van der Waals surface area contributed by atoms with Crippen molar-refractivity contribution in [2.45, 2.75) is 47.1 Å². The highest BCUT2D eigenvalue weighted by atomic mass is 14.8. The van der Waals surface area contributed by atoms with Crippen LogP contribution in [0.1, 0.15) is 41.0 Å². The average Bonchev–Trinajstić information content (AvgIpc) is 2.14. The summed E-state index contributed by atoms with van der Waals surface area (Å²) in [4.78, 5) is 0. The van der Waals surface area contributed by atoms with Crippen molar-refractivity contribution in [3.63, 3.8) is 0 Å². The van der Waals surface area contributed by atoms with Crippen LogP contribution in [0.25, 0.3) is 0 Å². The maximum Gasteiger partial charge on any atom is 0.00384 e. The molecule has 0 heterocycles. The van der Waals surface area contributed by atoms with Crippen LogP contribution in [0.15, 0.2) is 12.2 Å². The van der Waals surface area contributed by atoms with Gasteiger partial charge in [-0.2, -0.15) is 0 Å². The van der Waals surface area contributed by atoms with Crippen LogP contribution in [0.3, 0.4) is 0 Å². The van der Waals surface area contributed by atoms with Crippen molar-refractivity contribution in [3.05, 3.63) is 12.2 Å². The lowest BCUT2D eigenvalue weighted by Gasteiger charge is -2.26. The van der Waals surface area contributed by atoms with E-state index in [-0.39, 0.29) is 0 Å². The van der Waals surface area contributed by atoms with E-state index < -0.39 is 0 Å². The zero-order chi connectivity index (χ0) is 11.3. The topological polar surface area (TPSA) is 12.0 Å². The van der Waals surface area contributed by atoms with Gasteiger partial charge in [-0.25, -0.2) is 0 Å². The first kappa shape index (κ1) is 13.7. The molecule has 0 aliphatic rings. The Morgan fingerprint density at radius 2 is 1.64 bits per heavy atom. The Hall–Kier alpha value is -0.300. The normalized spacial score (nSPS) is 17.9. The maximum atomic E-state index is 4.19. The Bertz CT molecular complexity index is 172. The number of hydrogen-bond acceptors (Lipinski definition) is 1. The largest absolute Gasteiger partial charge is 0.317 e. The van der Waals surface area contributed by atoms with Gasteiger partial charge < -0.3 is 5.32 Å². The van der Waals surface area contributed by atoms with Crippen LogP contribution in [0.5, 0.6) is 0 Å². The van der Waals surface area contributed by atoms with Gasteiger partial charge in [0.1, 0.15) is 0 Å². The fraction of sp³-hybridized carbons (Fsp3) is 0.846. The molecule has 0 aromatic heterocycles. The van der Waals surface area contributed by atoms with Crippen molar-refractivity contribution < 1.29 is 0 Å². The van der Waals surface area contributed by atoms with Crippen LogP contribution < -0.4 is 5.32 Å². The lowest BCUT2D eigenvalue weighted by Crippen LogP contribution is -2.26. The number of nitrogens with one attached hydrogen (secondary N) is 1. The van der Waals surface area contributed by atoms with Gasteiger partial charge in [-0.3, -0.25) is 0 Å². The smallest absolute Gasteiger partial charge is 0.00384 e. The molecule has 0 fully saturated rings.